The maximum absolute atomic E-state index is 5.87. The molecule has 1 aliphatic rings. The fourth-order valence-electron chi connectivity index (χ4n) is 1.70. The number of nitrogens with zero attached hydrogens (tertiary/aromatic N) is 2. The zero-order chi connectivity index (χ0) is 11.5. The van der Waals surface area contributed by atoms with Crippen LogP contribution in [0.3, 0.4) is 0 Å². The largest absolute Gasteiger partial charge is 0.393 e. The number of hydrogen-bond donors (Lipinski definition) is 2. The minimum absolute atomic E-state index is 0.244. The van der Waals surface area contributed by atoms with Crippen molar-refractivity contribution in [3.05, 3.63) is 11.0 Å². The summed E-state index contributed by atoms with van der Waals surface area (Å²) in [6.45, 7) is 3.32. The summed E-state index contributed by atoms with van der Waals surface area (Å²) in [5.74, 6) is 1.20. The zero-order valence-electron chi connectivity index (χ0n) is 9.16. The standard InChI is InChI=1S/C10H15ClN4O/c1-6-14-9(11)8(12)10(15-6)13-5-7-3-2-4-16-7/h7H,2-5,12H2,1H3,(H,13,14,15)/t7-/m0/s1. The van der Waals surface area contributed by atoms with E-state index in [1.807, 2.05) is 0 Å². The van der Waals surface area contributed by atoms with Crippen molar-refractivity contribution in [1.82, 2.24) is 9.97 Å². The van der Waals surface area contributed by atoms with Crippen LogP contribution in [-0.4, -0.2) is 29.2 Å². The molecular formula is C10H15ClN4O. The Hall–Kier alpha value is -1.07. The third-order valence-corrected chi connectivity index (χ3v) is 2.82. The van der Waals surface area contributed by atoms with Crippen molar-refractivity contribution in [3.8, 4) is 0 Å². The predicted octanol–water partition coefficient (Wildman–Crippen LogP) is 1.61. The quantitative estimate of drug-likeness (QED) is 0.788. The van der Waals surface area contributed by atoms with Gasteiger partial charge in [-0.3, -0.25) is 0 Å². The summed E-state index contributed by atoms with van der Waals surface area (Å²) in [5, 5.41) is 3.44. The zero-order valence-corrected chi connectivity index (χ0v) is 9.92. The van der Waals surface area contributed by atoms with Crippen LogP contribution in [0.2, 0.25) is 5.15 Å². The van der Waals surface area contributed by atoms with E-state index in [0.29, 0.717) is 29.0 Å². The molecule has 5 nitrogen and oxygen atoms in total. The highest BCUT2D eigenvalue weighted by Gasteiger charge is 2.16. The average Bonchev–Trinajstić information content (AvgIpc) is 2.74. The lowest BCUT2D eigenvalue weighted by Gasteiger charge is -2.13. The van der Waals surface area contributed by atoms with Crippen LogP contribution < -0.4 is 11.1 Å². The van der Waals surface area contributed by atoms with Gasteiger partial charge in [-0.05, 0) is 19.8 Å². The van der Waals surface area contributed by atoms with Gasteiger partial charge in [0.1, 0.15) is 11.5 Å². The van der Waals surface area contributed by atoms with E-state index >= 15 is 0 Å². The summed E-state index contributed by atoms with van der Waals surface area (Å²) in [7, 11) is 0. The summed E-state index contributed by atoms with van der Waals surface area (Å²) < 4.78 is 5.50. The molecular weight excluding hydrogens is 228 g/mol. The fourth-order valence-corrected chi connectivity index (χ4v) is 1.91. The molecule has 0 spiro atoms. The smallest absolute Gasteiger partial charge is 0.157 e. The number of hydrogen-bond acceptors (Lipinski definition) is 5. The van der Waals surface area contributed by atoms with Crippen molar-refractivity contribution >= 4 is 23.1 Å². The van der Waals surface area contributed by atoms with Crippen LogP contribution in [0.25, 0.3) is 0 Å². The molecule has 0 radical (unpaired) electrons. The minimum atomic E-state index is 0.244. The van der Waals surface area contributed by atoms with E-state index in [2.05, 4.69) is 15.3 Å². The molecule has 0 unspecified atom stereocenters. The first-order valence-electron chi connectivity index (χ1n) is 5.32. The van der Waals surface area contributed by atoms with Gasteiger partial charge in [-0.15, -0.1) is 0 Å². The summed E-state index contributed by atoms with van der Waals surface area (Å²) in [4.78, 5) is 8.18. The first kappa shape index (κ1) is 11.4. The Labute approximate surface area is 99.4 Å². The van der Waals surface area contributed by atoms with Crippen molar-refractivity contribution < 1.29 is 4.74 Å². The number of aromatic nitrogens is 2. The third kappa shape index (κ3) is 2.54. The van der Waals surface area contributed by atoms with E-state index in [1.54, 1.807) is 6.92 Å². The predicted molar refractivity (Wildman–Crippen MR) is 63.7 cm³/mol. The van der Waals surface area contributed by atoms with Gasteiger partial charge >= 0.3 is 0 Å². The Balaban J connectivity index is 2.02. The minimum Gasteiger partial charge on any atom is -0.393 e. The molecule has 16 heavy (non-hydrogen) atoms. The van der Waals surface area contributed by atoms with E-state index in [4.69, 9.17) is 22.1 Å². The number of nitrogen functional groups attached to an aromatic ring is 1. The summed E-state index contributed by atoms with van der Waals surface area (Å²) in [5.41, 5.74) is 6.17. The molecule has 1 aliphatic heterocycles. The maximum Gasteiger partial charge on any atom is 0.157 e. The Morgan fingerprint density at radius 3 is 3.06 bits per heavy atom. The molecule has 0 bridgehead atoms. The molecule has 2 rings (SSSR count). The van der Waals surface area contributed by atoms with Crippen LogP contribution in [0, 0.1) is 6.92 Å². The number of halogens is 1. The number of ether oxygens (including phenoxy) is 1. The highest BCUT2D eigenvalue weighted by Crippen LogP contribution is 2.24. The molecule has 0 aromatic carbocycles. The maximum atomic E-state index is 5.87. The van der Waals surface area contributed by atoms with Gasteiger partial charge in [0, 0.05) is 13.2 Å². The second-order valence-corrected chi connectivity index (χ2v) is 4.20. The Kier molecular flexibility index (Phi) is 3.46. The van der Waals surface area contributed by atoms with E-state index < -0.39 is 0 Å². The van der Waals surface area contributed by atoms with Crippen molar-refractivity contribution in [1.29, 1.82) is 0 Å². The van der Waals surface area contributed by atoms with Crippen LogP contribution in [0.15, 0.2) is 0 Å². The Morgan fingerprint density at radius 2 is 2.38 bits per heavy atom. The molecule has 1 aromatic heterocycles. The third-order valence-electron chi connectivity index (χ3n) is 2.53. The second kappa shape index (κ2) is 4.84. The summed E-state index contributed by atoms with van der Waals surface area (Å²) >= 11 is 5.87. The molecule has 3 N–H and O–H groups in total. The SMILES string of the molecule is Cc1nc(Cl)c(N)c(NC[C@@H]2CCCO2)n1. The fraction of sp³-hybridized carbons (Fsp3) is 0.600. The number of anilines is 2. The molecule has 1 fully saturated rings. The van der Waals surface area contributed by atoms with Gasteiger partial charge in [-0.25, -0.2) is 9.97 Å². The number of nitrogens with two attached hydrogens (primary N) is 1. The van der Waals surface area contributed by atoms with Crippen LogP contribution in [0.5, 0.6) is 0 Å². The average molecular weight is 243 g/mol. The normalized spacial score (nSPS) is 20.0. The summed E-state index contributed by atoms with van der Waals surface area (Å²) in [6.07, 6.45) is 2.43. The topological polar surface area (TPSA) is 73.1 Å². The highest BCUT2D eigenvalue weighted by atomic mass is 35.5. The molecule has 1 atom stereocenters. The first-order valence-corrected chi connectivity index (χ1v) is 5.69. The van der Waals surface area contributed by atoms with Gasteiger partial charge in [0.15, 0.2) is 11.0 Å². The highest BCUT2D eigenvalue weighted by molar-refractivity contribution is 6.32. The van der Waals surface area contributed by atoms with Crippen molar-refractivity contribution in [2.45, 2.75) is 25.9 Å². The Morgan fingerprint density at radius 1 is 1.56 bits per heavy atom. The van der Waals surface area contributed by atoms with Gasteiger partial charge in [0.05, 0.1) is 6.10 Å². The lowest BCUT2D eigenvalue weighted by atomic mass is 10.2. The van der Waals surface area contributed by atoms with Crippen molar-refractivity contribution in [2.75, 3.05) is 24.2 Å². The number of nitrogens with one attached hydrogen (secondary N) is 1. The van der Waals surface area contributed by atoms with Crippen molar-refractivity contribution in [2.24, 2.45) is 0 Å². The second-order valence-electron chi connectivity index (χ2n) is 3.84. The molecule has 0 saturated carbocycles. The van der Waals surface area contributed by atoms with Crippen LogP contribution in [-0.2, 0) is 4.74 Å². The van der Waals surface area contributed by atoms with Gasteiger partial charge < -0.3 is 15.8 Å². The lowest BCUT2D eigenvalue weighted by molar-refractivity contribution is 0.120. The van der Waals surface area contributed by atoms with E-state index in [9.17, 15) is 0 Å². The lowest BCUT2D eigenvalue weighted by Crippen LogP contribution is -2.20. The molecule has 0 aliphatic carbocycles. The molecule has 2 heterocycles. The molecule has 88 valence electrons. The van der Waals surface area contributed by atoms with E-state index in [1.165, 1.54) is 0 Å². The first-order chi connectivity index (χ1) is 7.66. The molecule has 6 heteroatoms. The van der Waals surface area contributed by atoms with Crippen LogP contribution in [0.1, 0.15) is 18.7 Å². The monoisotopic (exact) mass is 242 g/mol. The summed E-state index contributed by atoms with van der Waals surface area (Å²) in [6, 6.07) is 0. The molecule has 1 aromatic rings. The van der Waals surface area contributed by atoms with E-state index in [0.717, 1.165) is 19.4 Å². The number of rotatable bonds is 3. The van der Waals surface area contributed by atoms with Gasteiger partial charge in [-0.1, -0.05) is 11.6 Å². The van der Waals surface area contributed by atoms with Gasteiger partial charge in [0.2, 0.25) is 0 Å². The number of aryl methyl sites for hydroxylation is 1. The molecule has 0 amide bonds. The van der Waals surface area contributed by atoms with E-state index in [-0.39, 0.29) is 6.10 Å². The van der Waals surface area contributed by atoms with Gasteiger partial charge in [0.25, 0.3) is 0 Å². The Bertz CT molecular complexity index is 379. The van der Waals surface area contributed by atoms with Crippen LogP contribution in [0.4, 0.5) is 11.5 Å². The van der Waals surface area contributed by atoms with Crippen molar-refractivity contribution in [3.63, 3.8) is 0 Å². The van der Waals surface area contributed by atoms with Gasteiger partial charge in [-0.2, -0.15) is 0 Å². The van der Waals surface area contributed by atoms with Crippen LogP contribution >= 0.6 is 11.6 Å². The molecule has 1 saturated heterocycles.